The van der Waals surface area contributed by atoms with E-state index in [0.29, 0.717) is 5.02 Å². The van der Waals surface area contributed by atoms with Gasteiger partial charge in [-0.2, -0.15) is 0 Å². The molecule has 1 aromatic carbocycles. The first kappa shape index (κ1) is 10.8. The zero-order valence-electron chi connectivity index (χ0n) is 8.21. The molecule has 0 aliphatic carbocycles. The van der Waals surface area contributed by atoms with Gasteiger partial charge in [0.05, 0.1) is 0 Å². The Morgan fingerprint density at radius 1 is 1.50 bits per heavy atom. The van der Waals surface area contributed by atoms with Gasteiger partial charge >= 0.3 is 0 Å². The van der Waals surface area contributed by atoms with Crippen molar-refractivity contribution in [3.05, 3.63) is 52.8 Å². The van der Waals surface area contributed by atoms with Crippen LogP contribution in [0.15, 0.2) is 30.6 Å². The quantitative estimate of drug-likeness (QED) is 0.836. The smallest absolute Gasteiger partial charge is 0.202 e. The number of hydrogen-bond donors (Lipinski definition) is 1. The fraction of sp³-hybridized carbons (Fsp3) is 0.0909. The maximum absolute atomic E-state index is 13.3. The van der Waals surface area contributed by atoms with E-state index in [1.54, 1.807) is 6.20 Å². The first-order valence-electron chi connectivity index (χ1n) is 4.63. The monoisotopic (exact) mass is 238 g/mol. The molecule has 1 aromatic heterocycles. The summed E-state index contributed by atoms with van der Waals surface area (Å²) in [6.07, 6.45) is 2.96. The number of aromatic amines is 1. The zero-order valence-corrected chi connectivity index (χ0v) is 8.96. The summed E-state index contributed by atoms with van der Waals surface area (Å²) in [5.41, 5.74) is 0.272. The van der Waals surface area contributed by atoms with E-state index in [4.69, 9.17) is 11.6 Å². The molecule has 2 rings (SSSR count). The average Bonchev–Trinajstić information content (AvgIpc) is 2.76. The Morgan fingerprint density at radius 3 is 3.00 bits per heavy atom. The minimum Gasteiger partial charge on any atom is -0.342 e. The van der Waals surface area contributed by atoms with E-state index in [0.717, 1.165) is 0 Å². The molecule has 0 spiro atoms. The maximum atomic E-state index is 13.3. The summed E-state index contributed by atoms with van der Waals surface area (Å²) < 4.78 is 13.3. The van der Waals surface area contributed by atoms with Crippen molar-refractivity contribution in [1.82, 2.24) is 9.97 Å². The summed E-state index contributed by atoms with van der Waals surface area (Å²) in [7, 11) is 0. The Hall–Kier alpha value is -1.68. The third-order valence-corrected chi connectivity index (χ3v) is 2.36. The topological polar surface area (TPSA) is 45.8 Å². The van der Waals surface area contributed by atoms with E-state index in [-0.39, 0.29) is 23.6 Å². The highest BCUT2D eigenvalue weighted by Crippen LogP contribution is 2.16. The molecule has 0 aliphatic rings. The minimum atomic E-state index is -0.440. The molecule has 3 nitrogen and oxygen atoms in total. The number of benzene rings is 1. The molecule has 0 radical (unpaired) electrons. The van der Waals surface area contributed by atoms with E-state index in [9.17, 15) is 9.18 Å². The summed E-state index contributed by atoms with van der Waals surface area (Å²) in [6.45, 7) is 0. The van der Waals surface area contributed by atoms with E-state index in [1.807, 2.05) is 0 Å². The third kappa shape index (κ3) is 2.28. The van der Waals surface area contributed by atoms with Crippen LogP contribution in [0.1, 0.15) is 16.2 Å². The zero-order chi connectivity index (χ0) is 11.5. The number of ketones is 1. The van der Waals surface area contributed by atoms with Gasteiger partial charge in [0.15, 0.2) is 5.82 Å². The molecular weight excluding hydrogens is 231 g/mol. The summed E-state index contributed by atoms with van der Waals surface area (Å²) in [5.74, 6) is -0.491. The lowest BCUT2D eigenvalue weighted by molar-refractivity contribution is 0.0983. The normalized spacial score (nSPS) is 10.4. The number of aromatic nitrogens is 2. The molecular formula is C11H8ClFN2O. The van der Waals surface area contributed by atoms with Crippen LogP contribution in [-0.4, -0.2) is 15.8 Å². The van der Waals surface area contributed by atoms with Gasteiger partial charge < -0.3 is 4.98 Å². The first-order chi connectivity index (χ1) is 7.66. The van der Waals surface area contributed by atoms with Gasteiger partial charge in [0.2, 0.25) is 5.78 Å². The van der Waals surface area contributed by atoms with Crippen molar-refractivity contribution in [3.63, 3.8) is 0 Å². The van der Waals surface area contributed by atoms with Crippen molar-refractivity contribution in [2.75, 3.05) is 0 Å². The molecule has 5 heteroatoms. The number of hydrogen-bond acceptors (Lipinski definition) is 2. The number of Topliss-reactive ketones (excluding diaryl/α,β-unsaturated/α-hetero) is 1. The van der Waals surface area contributed by atoms with Gasteiger partial charge in [0.25, 0.3) is 0 Å². The molecule has 0 amide bonds. The van der Waals surface area contributed by atoms with Crippen LogP contribution in [0.4, 0.5) is 4.39 Å². The average molecular weight is 239 g/mol. The van der Waals surface area contributed by atoms with Crippen LogP contribution < -0.4 is 0 Å². The fourth-order valence-electron chi connectivity index (χ4n) is 1.35. The Bertz CT molecular complexity index is 511. The molecule has 0 aliphatic heterocycles. The van der Waals surface area contributed by atoms with Crippen LogP contribution >= 0.6 is 11.6 Å². The second kappa shape index (κ2) is 4.45. The van der Waals surface area contributed by atoms with Gasteiger partial charge in [0.1, 0.15) is 5.82 Å². The molecule has 16 heavy (non-hydrogen) atoms. The van der Waals surface area contributed by atoms with Crippen molar-refractivity contribution >= 4 is 17.4 Å². The van der Waals surface area contributed by atoms with Crippen LogP contribution in [0.5, 0.6) is 0 Å². The molecule has 2 aromatic rings. The standard InChI is InChI=1S/C11H8ClFN2O/c12-8-1-2-9(13)7(5-8)6-10(16)11-14-3-4-15-11/h1-5H,6H2,(H,14,15). The third-order valence-electron chi connectivity index (χ3n) is 2.12. The predicted molar refractivity (Wildman–Crippen MR) is 58.0 cm³/mol. The summed E-state index contributed by atoms with van der Waals surface area (Å²) >= 11 is 5.72. The van der Waals surface area contributed by atoms with Gasteiger partial charge in [-0.3, -0.25) is 4.79 Å². The molecule has 1 N–H and O–H groups in total. The maximum Gasteiger partial charge on any atom is 0.202 e. The van der Waals surface area contributed by atoms with Gasteiger partial charge in [-0.05, 0) is 23.8 Å². The lowest BCUT2D eigenvalue weighted by Crippen LogP contribution is -2.07. The van der Waals surface area contributed by atoms with Crippen LogP contribution in [0.2, 0.25) is 5.02 Å². The number of H-pyrrole nitrogens is 1. The number of imidazole rings is 1. The summed E-state index contributed by atoms with van der Waals surface area (Å²) in [6, 6.07) is 4.13. The molecule has 82 valence electrons. The first-order valence-corrected chi connectivity index (χ1v) is 5.01. The Balaban J connectivity index is 2.21. The number of nitrogens with one attached hydrogen (secondary N) is 1. The number of carbonyl (C=O) groups excluding carboxylic acids is 1. The number of nitrogens with zero attached hydrogens (tertiary/aromatic N) is 1. The van der Waals surface area contributed by atoms with E-state index >= 15 is 0 Å². The van der Waals surface area contributed by atoms with Crippen molar-refractivity contribution in [3.8, 4) is 0 Å². The van der Waals surface area contributed by atoms with Crippen LogP contribution in [0.3, 0.4) is 0 Å². The van der Waals surface area contributed by atoms with Gasteiger partial charge in [-0.1, -0.05) is 11.6 Å². The Kier molecular flexibility index (Phi) is 3.01. The summed E-state index contributed by atoms with van der Waals surface area (Å²) in [4.78, 5) is 18.1. The van der Waals surface area contributed by atoms with Crippen molar-refractivity contribution in [2.24, 2.45) is 0 Å². The van der Waals surface area contributed by atoms with E-state index in [2.05, 4.69) is 9.97 Å². The van der Waals surface area contributed by atoms with Crippen molar-refractivity contribution in [2.45, 2.75) is 6.42 Å². The number of carbonyl (C=O) groups is 1. The molecule has 0 saturated heterocycles. The largest absolute Gasteiger partial charge is 0.342 e. The lowest BCUT2D eigenvalue weighted by atomic mass is 10.1. The highest BCUT2D eigenvalue weighted by molar-refractivity contribution is 6.30. The Morgan fingerprint density at radius 2 is 2.31 bits per heavy atom. The van der Waals surface area contributed by atoms with Gasteiger partial charge in [0, 0.05) is 23.8 Å². The number of halogens is 2. The predicted octanol–water partition coefficient (Wildman–Crippen LogP) is 2.63. The van der Waals surface area contributed by atoms with Gasteiger partial charge in [-0.25, -0.2) is 9.37 Å². The van der Waals surface area contributed by atoms with Gasteiger partial charge in [-0.15, -0.1) is 0 Å². The fourth-order valence-corrected chi connectivity index (χ4v) is 1.55. The van der Waals surface area contributed by atoms with E-state index in [1.165, 1.54) is 24.4 Å². The Labute approximate surface area is 96.3 Å². The molecule has 0 fully saturated rings. The molecule has 0 saturated carbocycles. The lowest BCUT2D eigenvalue weighted by Gasteiger charge is -2.01. The summed E-state index contributed by atoms with van der Waals surface area (Å²) in [5, 5.41) is 0.406. The van der Waals surface area contributed by atoms with Crippen molar-refractivity contribution < 1.29 is 9.18 Å². The van der Waals surface area contributed by atoms with Crippen LogP contribution in [-0.2, 0) is 6.42 Å². The minimum absolute atomic E-state index is 0.0556. The highest BCUT2D eigenvalue weighted by Gasteiger charge is 2.12. The second-order valence-corrected chi connectivity index (χ2v) is 3.71. The molecule has 1 heterocycles. The van der Waals surface area contributed by atoms with Crippen LogP contribution in [0, 0.1) is 5.82 Å². The number of rotatable bonds is 3. The highest BCUT2D eigenvalue weighted by atomic mass is 35.5. The molecule has 0 unspecified atom stereocenters. The molecule has 0 atom stereocenters. The van der Waals surface area contributed by atoms with E-state index < -0.39 is 5.82 Å². The van der Waals surface area contributed by atoms with Crippen LogP contribution in [0.25, 0.3) is 0 Å². The van der Waals surface area contributed by atoms with Crippen molar-refractivity contribution in [1.29, 1.82) is 0 Å². The second-order valence-electron chi connectivity index (χ2n) is 3.27. The molecule has 0 bridgehead atoms. The SMILES string of the molecule is O=C(Cc1cc(Cl)ccc1F)c1ncc[nH]1.